The topological polar surface area (TPSA) is 32.3 Å². The van der Waals surface area contributed by atoms with Gasteiger partial charge in [0.15, 0.2) is 0 Å². The van der Waals surface area contributed by atoms with Gasteiger partial charge in [0.25, 0.3) is 0 Å². The zero-order valence-corrected chi connectivity index (χ0v) is 12.9. The second-order valence-corrected chi connectivity index (χ2v) is 6.80. The van der Waals surface area contributed by atoms with Crippen molar-refractivity contribution in [2.24, 2.45) is 11.3 Å². The molecule has 0 saturated carbocycles. The number of hydrogen-bond acceptors (Lipinski definition) is 2. The summed E-state index contributed by atoms with van der Waals surface area (Å²) in [6.45, 7) is 9.62. The van der Waals surface area contributed by atoms with E-state index in [1.807, 2.05) is 0 Å². The first-order valence-electron chi connectivity index (χ1n) is 8.11. The van der Waals surface area contributed by atoms with E-state index in [0.29, 0.717) is 17.9 Å². The number of carbonyl (C=O) groups is 1. The van der Waals surface area contributed by atoms with Crippen LogP contribution in [-0.4, -0.2) is 36.5 Å². The van der Waals surface area contributed by atoms with Crippen LogP contribution in [0.1, 0.15) is 59.3 Å². The van der Waals surface area contributed by atoms with Crippen molar-refractivity contribution in [2.45, 2.75) is 65.3 Å². The van der Waals surface area contributed by atoms with E-state index in [0.717, 1.165) is 45.3 Å². The van der Waals surface area contributed by atoms with Gasteiger partial charge in [0.05, 0.1) is 5.41 Å². The second-order valence-electron chi connectivity index (χ2n) is 6.80. The van der Waals surface area contributed by atoms with Gasteiger partial charge in [-0.05, 0) is 51.5 Å². The lowest BCUT2D eigenvalue weighted by molar-refractivity contribution is -0.148. The molecule has 2 fully saturated rings. The molecule has 3 nitrogen and oxygen atoms in total. The average molecular weight is 266 g/mol. The largest absolute Gasteiger partial charge is 0.339 e. The Morgan fingerprint density at radius 1 is 1.37 bits per heavy atom. The van der Waals surface area contributed by atoms with Gasteiger partial charge in [-0.25, -0.2) is 0 Å². The summed E-state index contributed by atoms with van der Waals surface area (Å²) >= 11 is 0. The van der Waals surface area contributed by atoms with E-state index in [1.165, 1.54) is 12.8 Å². The molecule has 2 saturated heterocycles. The van der Waals surface area contributed by atoms with Crippen LogP contribution in [0.3, 0.4) is 0 Å². The Morgan fingerprint density at radius 3 is 2.79 bits per heavy atom. The van der Waals surface area contributed by atoms with Crippen molar-refractivity contribution in [1.29, 1.82) is 0 Å². The third-order valence-electron chi connectivity index (χ3n) is 5.03. The molecule has 0 bridgehead atoms. The van der Waals surface area contributed by atoms with Gasteiger partial charge in [-0.1, -0.05) is 20.3 Å². The summed E-state index contributed by atoms with van der Waals surface area (Å²) in [5, 5.41) is 3.46. The molecule has 2 rings (SSSR count). The van der Waals surface area contributed by atoms with E-state index in [-0.39, 0.29) is 5.41 Å². The Balaban J connectivity index is 2.13. The van der Waals surface area contributed by atoms with Crippen LogP contribution in [0.4, 0.5) is 0 Å². The Morgan fingerprint density at radius 2 is 2.16 bits per heavy atom. The molecule has 0 aromatic rings. The second kappa shape index (κ2) is 6.25. The van der Waals surface area contributed by atoms with E-state index >= 15 is 0 Å². The fourth-order valence-corrected chi connectivity index (χ4v) is 3.83. The van der Waals surface area contributed by atoms with Crippen LogP contribution < -0.4 is 5.32 Å². The fraction of sp³-hybridized carbons (Fsp3) is 0.938. The van der Waals surface area contributed by atoms with Crippen molar-refractivity contribution < 1.29 is 4.79 Å². The Hall–Kier alpha value is -0.570. The quantitative estimate of drug-likeness (QED) is 0.852. The van der Waals surface area contributed by atoms with Crippen molar-refractivity contribution in [3.05, 3.63) is 0 Å². The van der Waals surface area contributed by atoms with Gasteiger partial charge in [-0.2, -0.15) is 0 Å². The maximum absolute atomic E-state index is 13.1. The lowest BCUT2D eigenvalue weighted by Gasteiger charge is -2.45. The van der Waals surface area contributed by atoms with Crippen LogP contribution in [0.15, 0.2) is 0 Å². The van der Waals surface area contributed by atoms with Crippen molar-refractivity contribution in [3.8, 4) is 0 Å². The molecular weight excluding hydrogens is 236 g/mol. The number of amides is 1. The van der Waals surface area contributed by atoms with E-state index in [9.17, 15) is 4.79 Å². The number of nitrogens with one attached hydrogen (secondary N) is 1. The van der Waals surface area contributed by atoms with E-state index in [1.54, 1.807) is 0 Å². The Kier molecular flexibility index (Phi) is 4.88. The summed E-state index contributed by atoms with van der Waals surface area (Å²) in [5.41, 5.74) is -0.113. The van der Waals surface area contributed by atoms with Crippen LogP contribution in [0.5, 0.6) is 0 Å². The summed E-state index contributed by atoms with van der Waals surface area (Å²) in [5.74, 6) is 1.09. The molecule has 0 radical (unpaired) electrons. The minimum absolute atomic E-state index is 0.113. The highest BCUT2D eigenvalue weighted by molar-refractivity contribution is 5.83. The zero-order chi connectivity index (χ0) is 13.9. The minimum atomic E-state index is -0.113. The van der Waals surface area contributed by atoms with Crippen molar-refractivity contribution >= 4 is 5.91 Å². The molecule has 2 aliphatic rings. The molecule has 2 heterocycles. The maximum Gasteiger partial charge on any atom is 0.230 e. The van der Waals surface area contributed by atoms with Crippen molar-refractivity contribution in [2.75, 3.05) is 19.6 Å². The van der Waals surface area contributed by atoms with E-state index < -0.39 is 0 Å². The first kappa shape index (κ1) is 14.8. The smallest absolute Gasteiger partial charge is 0.230 e. The molecule has 1 amide bonds. The molecular formula is C16H30N2O. The summed E-state index contributed by atoms with van der Waals surface area (Å²) in [6, 6.07) is 0.430. The van der Waals surface area contributed by atoms with Gasteiger partial charge in [-0.3, -0.25) is 4.79 Å². The zero-order valence-electron chi connectivity index (χ0n) is 12.9. The molecule has 2 aliphatic heterocycles. The highest BCUT2D eigenvalue weighted by Gasteiger charge is 2.43. The summed E-state index contributed by atoms with van der Waals surface area (Å²) < 4.78 is 0. The summed E-state index contributed by atoms with van der Waals surface area (Å²) in [4.78, 5) is 15.3. The van der Waals surface area contributed by atoms with Gasteiger partial charge < -0.3 is 10.2 Å². The molecule has 0 aliphatic carbocycles. The van der Waals surface area contributed by atoms with Crippen LogP contribution in [-0.2, 0) is 4.79 Å². The average Bonchev–Trinajstić information content (AvgIpc) is 2.42. The predicted molar refractivity (Wildman–Crippen MR) is 79.0 cm³/mol. The number of hydrogen-bond donors (Lipinski definition) is 1. The van der Waals surface area contributed by atoms with E-state index in [4.69, 9.17) is 0 Å². The summed E-state index contributed by atoms with van der Waals surface area (Å²) in [7, 11) is 0. The normalized spacial score (nSPS) is 36.3. The number of carbonyl (C=O) groups excluding carboxylic acids is 1. The molecule has 3 atom stereocenters. The Bertz CT molecular complexity index is 304. The van der Waals surface area contributed by atoms with Gasteiger partial charge in [0.2, 0.25) is 5.91 Å². The molecule has 0 spiro atoms. The number of likely N-dealkylation sites (tertiary alicyclic amines) is 1. The molecule has 110 valence electrons. The monoisotopic (exact) mass is 266 g/mol. The summed E-state index contributed by atoms with van der Waals surface area (Å²) in [6.07, 6.45) is 6.79. The van der Waals surface area contributed by atoms with Crippen LogP contribution >= 0.6 is 0 Å². The van der Waals surface area contributed by atoms with Crippen LogP contribution in [0.25, 0.3) is 0 Å². The number of nitrogens with zero attached hydrogens (tertiary/aromatic N) is 1. The molecule has 0 aromatic heterocycles. The van der Waals surface area contributed by atoms with Gasteiger partial charge in [-0.15, -0.1) is 0 Å². The minimum Gasteiger partial charge on any atom is -0.339 e. The molecule has 1 N–H and O–H groups in total. The SMILES string of the molecule is CCCC1(C(=O)N2CC(C)CCC2C)CCCNC1. The van der Waals surface area contributed by atoms with Crippen LogP contribution in [0.2, 0.25) is 0 Å². The van der Waals surface area contributed by atoms with Crippen molar-refractivity contribution in [3.63, 3.8) is 0 Å². The maximum atomic E-state index is 13.1. The van der Waals surface area contributed by atoms with Crippen LogP contribution in [0, 0.1) is 11.3 Å². The van der Waals surface area contributed by atoms with E-state index in [2.05, 4.69) is 31.0 Å². The number of rotatable bonds is 3. The van der Waals surface area contributed by atoms with Gasteiger partial charge in [0.1, 0.15) is 0 Å². The molecule has 0 aromatic carbocycles. The molecule has 19 heavy (non-hydrogen) atoms. The van der Waals surface area contributed by atoms with Gasteiger partial charge in [0, 0.05) is 19.1 Å². The standard InChI is InChI=1S/C16H30N2O/c1-4-8-16(9-5-10-17-12-16)15(19)18-11-13(2)6-7-14(18)3/h13-14,17H,4-12H2,1-3H3. The molecule has 3 heteroatoms. The third kappa shape index (κ3) is 3.13. The highest BCUT2D eigenvalue weighted by Crippen LogP contribution is 2.36. The lowest BCUT2D eigenvalue weighted by Crippen LogP contribution is -2.56. The predicted octanol–water partition coefficient (Wildman–Crippen LogP) is 2.80. The highest BCUT2D eigenvalue weighted by atomic mass is 16.2. The van der Waals surface area contributed by atoms with Crippen molar-refractivity contribution in [1.82, 2.24) is 10.2 Å². The number of piperidine rings is 2. The first-order valence-corrected chi connectivity index (χ1v) is 8.11. The fourth-order valence-electron chi connectivity index (χ4n) is 3.83. The lowest BCUT2D eigenvalue weighted by atomic mass is 9.75. The first-order chi connectivity index (χ1) is 9.09. The van der Waals surface area contributed by atoms with Gasteiger partial charge >= 0.3 is 0 Å². The Labute approximate surface area is 118 Å². The molecule has 3 unspecified atom stereocenters. The third-order valence-corrected chi connectivity index (χ3v) is 5.03.